The van der Waals surface area contributed by atoms with Crippen LogP contribution >= 0.6 is 0 Å². The fourth-order valence-electron chi connectivity index (χ4n) is 2.44. The zero-order chi connectivity index (χ0) is 15.4. The Morgan fingerprint density at radius 3 is 2.33 bits per heavy atom. The first-order valence-electron chi connectivity index (χ1n) is 7.09. The standard InChI is InChI=1S/C17H20F2N2/c1-3-21(14-9-7-13(18)8-10-14)17-6-4-5-16(19)15(17)11-12(2)20/h4-10,12H,3,11,20H2,1-2H3. The molecule has 4 heteroatoms. The summed E-state index contributed by atoms with van der Waals surface area (Å²) in [6, 6.07) is 11.1. The summed E-state index contributed by atoms with van der Waals surface area (Å²) in [5.41, 5.74) is 8.03. The number of halogens is 2. The minimum absolute atomic E-state index is 0.132. The van der Waals surface area contributed by atoms with Gasteiger partial charge in [0.2, 0.25) is 0 Å². The highest BCUT2D eigenvalue weighted by Gasteiger charge is 2.16. The van der Waals surface area contributed by atoms with Crippen molar-refractivity contribution in [3.63, 3.8) is 0 Å². The number of hydrogen-bond acceptors (Lipinski definition) is 2. The van der Waals surface area contributed by atoms with E-state index in [1.807, 2.05) is 24.8 Å². The number of nitrogens with zero attached hydrogens (tertiary/aromatic N) is 1. The number of nitrogens with two attached hydrogens (primary N) is 1. The van der Waals surface area contributed by atoms with Crippen LogP contribution in [0, 0.1) is 11.6 Å². The van der Waals surface area contributed by atoms with Crippen molar-refractivity contribution in [3.05, 3.63) is 59.7 Å². The zero-order valence-corrected chi connectivity index (χ0v) is 12.3. The first kappa shape index (κ1) is 15.4. The number of benzene rings is 2. The summed E-state index contributed by atoms with van der Waals surface area (Å²) >= 11 is 0. The van der Waals surface area contributed by atoms with E-state index in [0.29, 0.717) is 18.5 Å². The van der Waals surface area contributed by atoms with Crippen molar-refractivity contribution < 1.29 is 8.78 Å². The van der Waals surface area contributed by atoms with Crippen molar-refractivity contribution in [2.45, 2.75) is 26.3 Å². The molecule has 2 aromatic rings. The molecule has 0 heterocycles. The first-order chi connectivity index (χ1) is 10.0. The Labute approximate surface area is 124 Å². The van der Waals surface area contributed by atoms with Gasteiger partial charge in [0.15, 0.2) is 0 Å². The largest absolute Gasteiger partial charge is 0.341 e. The molecule has 0 aliphatic rings. The second-order valence-electron chi connectivity index (χ2n) is 5.14. The molecule has 0 radical (unpaired) electrons. The maximum Gasteiger partial charge on any atom is 0.128 e. The molecular weight excluding hydrogens is 270 g/mol. The van der Waals surface area contributed by atoms with E-state index in [1.165, 1.54) is 18.2 Å². The summed E-state index contributed by atoms with van der Waals surface area (Å²) in [5.74, 6) is -0.546. The summed E-state index contributed by atoms with van der Waals surface area (Å²) in [6.07, 6.45) is 0.458. The van der Waals surface area contributed by atoms with Gasteiger partial charge in [-0.05, 0) is 56.7 Å². The molecule has 0 saturated carbocycles. The van der Waals surface area contributed by atoms with E-state index in [2.05, 4.69) is 0 Å². The average molecular weight is 290 g/mol. The van der Waals surface area contributed by atoms with Crippen molar-refractivity contribution in [2.75, 3.05) is 11.4 Å². The molecule has 0 aliphatic carbocycles. The van der Waals surface area contributed by atoms with Crippen molar-refractivity contribution in [1.29, 1.82) is 0 Å². The van der Waals surface area contributed by atoms with Gasteiger partial charge in [0.1, 0.15) is 11.6 Å². The van der Waals surface area contributed by atoms with Gasteiger partial charge in [0, 0.05) is 29.5 Å². The Morgan fingerprint density at radius 2 is 1.76 bits per heavy atom. The Hall–Kier alpha value is -1.94. The van der Waals surface area contributed by atoms with Crippen LogP contribution in [0.3, 0.4) is 0 Å². The van der Waals surface area contributed by atoms with E-state index in [1.54, 1.807) is 18.2 Å². The summed E-state index contributed by atoms with van der Waals surface area (Å²) in [7, 11) is 0. The lowest BCUT2D eigenvalue weighted by molar-refractivity contribution is 0.595. The molecule has 0 fully saturated rings. The summed E-state index contributed by atoms with van der Waals surface area (Å²) in [6.45, 7) is 4.48. The van der Waals surface area contributed by atoms with Crippen LogP contribution in [0.1, 0.15) is 19.4 Å². The van der Waals surface area contributed by atoms with Crippen LogP contribution < -0.4 is 10.6 Å². The summed E-state index contributed by atoms with van der Waals surface area (Å²) in [5, 5.41) is 0. The van der Waals surface area contributed by atoms with Gasteiger partial charge in [-0.1, -0.05) is 6.07 Å². The van der Waals surface area contributed by atoms with Crippen LogP contribution in [-0.2, 0) is 6.42 Å². The third kappa shape index (κ3) is 3.58. The van der Waals surface area contributed by atoms with Crippen molar-refractivity contribution >= 4 is 11.4 Å². The minimum atomic E-state index is -0.287. The second-order valence-corrected chi connectivity index (χ2v) is 5.14. The lowest BCUT2D eigenvalue weighted by Crippen LogP contribution is -2.23. The average Bonchev–Trinajstić information content (AvgIpc) is 2.45. The van der Waals surface area contributed by atoms with Crippen LogP contribution in [0.4, 0.5) is 20.2 Å². The van der Waals surface area contributed by atoms with Gasteiger partial charge in [-0.3, -0.25) is 0 Å². The van der Waals surface area contributed by atoms with Gasteiger partial charge in [-0.2, -0.15) is 0 Å². The van der Waals surface area contributed by atoms with Crippen molar-refractivity contribution in [1.82, 2.24) is 0 Å². The number of anilines is 2. The van der Waals surface area contributed by atoms with Crippen LogP contribution in [0.2, 0.25) is 0 Å². The second kappa shape index (κ2) is 6.68. The molecule has 0 aliphatic heterocycles. The zero-order valence-electron chi connectivity index (χ0n) is 12.3. The molecule has 2 aromatic carbocycles. The molecule has 0 spiro atoms. The fourth-order valence-corrected chi connectivity index (χ4v) is 2.44. The quantitative estimate of drug-likeness (QED) is 0.901. The fraction of sp³-hybridized carbons (Fsp3) is 0.294. The number of rotatable bonds is 5. The van der Waals surface area contributed by atoms with Crippen LogP contribution in [0.15, 0.2) is 42.5 Å². The van der Waals surface area contributed by atoms with Crippen molar-refractivity contribution in [2.24, 2.45) is 5.73 Å². The molecule has 2 rings (SSSR count). The summed E-state index contributed by atoms with van der Waals surface area (Å²) < 4.78 is 27.2. The monoisotopic (exact) mass is 290 g/mol. The van der Waals surface area contributed by atoms with E-state index in [-0.39, 0.29) is 17.7 Å². The van der Waals surface area contributed by atoms with Gasteiger partial charge in [0.25, 0.3) is 0 Å². The molecule has 1 unspecified atom stereocenters. The normalized spacial score (nSPS) is 12.2. The van der Waals surface area contributed by atoms with Gasteiger partial charge in [-0.15, -0.1) is 0 Å². The lowest BCUT2D eigenvalue weighted by atomic mass is 10.0. The lowest BCUT2D eigenvalue weighted by Gasteiger charge is -2.26. The topological polar surface area (TPSA) is 29.3 Å². The maximum absolute atomic E-state index is 14.1. The third-order valence-electron chi connectivity index (χ3n) is 3.37. The smallest absolute Gasteiger partial charge is 0.128 e. The van der Waals surface area contributed by atoms with E-state index in [0.717, 1.165) is 11.4 Å². The van der Waals surface area contributed by atoms with E-state index >= 15 is 0 Å². The highest BCUT2D eigenvalue weighted by atomic mass is 19.1. The Morgan fingerprint density at radius 1 is 1.10 bits per heavy atom. The molecule has 0 amide bonds. The van der Waals surface area contributed by atoms with Crippen molar-refractivity contribution in [3.8, 4) is 0 Å². The molecular formula is C17H20F2N2. The third-order valence-corrected chi connectivity index (χ3v) is 3.37. The van der Waals surface area contributed by atoms with E-state index < -0.39 is 0 Å². The summed E-state index contributed by atoms with van der Waals surface area (Å²) in [4.78, 5) is 1.96. The van der Waals surface area contributed by atoms with Gasteiger partial charge in [0.05, 0.1) is 0 Å². The van der Waals surface area contributed by atoms with Gasteiger partial charge in [-0.25, -0.2) is 8.78 Å². The minimum Gasteiger partial charge on any atom is -0.341 e. The van der Waals surface area contributed by atoms with Gasteiger partial charge >= 0.3 is 0 Å². The Bertz CT molecular complexity index is 594. The Kier molecular flexibility index (Phi) is 4.91. The molecule has 0 aromatic heterocycles. The first-order valence-corrected chi connectivity index (χ1v) is 7.09. The molecule has 112 valence electrons. The van der Waals surface area contributed by atoms with Crippen LogP contribution in [-0.4, -0.2) is 12.6 Å². The molecule has 2 nitrogen and oxygen atoms in total. The predicted molar refractivity (Wildman–Crippen MR) is 82.8 cm³/mol. The Balaban J connectivity index is 2.47. The SMILES string of the molecule is CCN(c1ccc(F)cc1)c1cccc(F)c1CC(C)N. The van der Waals surface area contributed by atoms with E-state index in [4.69, 9.17) is 5.73 Å². The highest BCUT2D eigenvalue weighted by Crippen LogP contribution is 2.30. The molecule has 0 bridgehead atoms. The van der Waals surface area contributed by atoms with Crippen LogP contribution in [0.5, 0.6) is 0 Å². The maximum atomic E-state index is 14.1. The van der Waals surface area contributed by atoms with Gasteiger partial charge < -0.3 is 10.6 Å². The number of hydrogen-bond donors (Lipinski definition) is 1. The molecule has 1 atom stereocenters. The molecule has 21 heavy (non-hydrogen) atoms. The van der Waals surface area contributed by atoms with E-state index in [9.17, 15) is 8.78 Å². The molecule has 2 N–H and O–H groups in total. The predicted octanol–water partition coefficient (Wildman–Crippen LogP) is 4.01. The van der Waals surface area contributed by atoms with Crippen LogP contribution in [0.25, 0.3) is 0 Å². The molecule has 0 saturated heterocycles. The highest BCUT2D eigenvalue weighted by molar-refractivity contribution is 5.66.